The number of nitriles is 1. The number of imide groups is 1. The van der Waals surface area contributed by atoms with E-state index in [-0.39, 0.29) is 11.8 Å². The lowest BCUT2D eigenvalue weighted by Crippen LogP contribution is -2.24. The summed E-state index contributed by atoms with van der Waals surface area (Å²) in [6, 6.07) is 23.2. The van der Waals surface area contributed by atoms with Crippen LogP contribution in [0.2, 0.25) is 0 Å². The number of hydrogen-bond acceptors (Lipinski definition) is 4. The van der Waals surface area contributed by atoms with Crippen LogP contribution in [-0.2, 0) is 0 Å². The number of aromatic nitrogens is 2. The van der Waals surface area contributed by atoms with Crippen molar-refractivity contribution in [3.8, 4) is 22.9 Å². The molecule has 6 heteroatoms. The van der Waals surface area contributed by atoms with Gasteiger partial charge in [0.05, 0.1) is 39.5 Å². The van der Waals surface area contributed by atoms with E-state index in [2.05, 4.69) is 11.1 Å². The highest BCUT2D eigenvalue weighted by molar-refractivity contribution is 6.24. The smallest absolute Gasteiger partial charge is 0.263 e. The van der Waals surface area contributed by atoms with Crippen molar-refractivity contribution in [2.75, 3.05) is 7.05 Å². The maximum atomic E-state index is 13.0. The zero-order valence-electron chi connectivity index (χ0n) is 17.6. The first kappa shape index (κ1) is 19.0. The van der Waals surface area contributed by atoms with Gasteiger partial charge in [0.25, 0.3) is 11.8 Å². The molecule has 0 atom stereocenters. The van der Waals surface area contributed by atoms with Crippen molar-refractivity contribution in [3.05, 3.63) is 95.8 Å². The lowest BCUT2D eigenvalue weighted by molar-refractivity contribution is 0.0693. The Bertz CT molecular complexity index is 1690. The molecule has 156 valence electrons. The maximum absolute atomic E-state index is 13.0. The predicted molar refractivity (Wildman–Crippen MR) is 125 cm³/mol. The number of pyridine rings is 1. The molecule has 3 aromatic carbocycles. The number of benzene rings is 3. The van der Waals surface area contributed by atoms with Crippen LogP contribution in [-0.4, -0.2) is 33.3 Å². The zero-order chi connectivity index (χ0) is 22.7. The average Bonchev–Trinajstić information content (AvgIpc) is 3.31. The molecule has 0 saturated carbocycles. The van der Waals surface area contributed by atoms with Crippen LogP contribution in [0.25, 0.3) is 38.6 Å². The summed E-state index contributed by atoms with van der Waals surface area (Å²) < 4.78 is 2.03. The Morgan fingerprint density at radius 3 is 2.42 bits per heavy atom. The van der Waals surface area contributed by atoms with E-state index < -0.39 is 0 Å². The van der Waals surface area contributed by atoms with Gasteiger partial charge in [-0.2, -0.15) is 5.26 Å². The van der Waals surface area contributed by atoms with Gasteiger partial charge in [0, 0.05) is 35.8 Å². The van der Waals surface area contributed by atoms with Crippen LogP contribution in [0.5, 0.6) is 0 Å². The lowest BCUT2D eigenvalue weighted by Gasteiger charge is -2.12. The molecule has 0 bridgehead atoms. The fourth-order valence-electron chi connectivity index (χ4n) is 4.78. The first-order valence-electron chi connectivity index (χ1n) is 10.4. The molecule has 6 rings (SSSR count). The van der Waals surface area contributed by atoms with Crippen LogP contribution >= 0.6 is 0 Å². The highest BCUT2D eigenvalue weighted by Gasteiger charge is 2.35. The molecule has 0 fully saturated rings. The van der Waals surface area contributed by atoms with Crippen molar-refractivity contribution in [3.63, 3.8) is 0 Å². The Kier molecular flexibility index (Phi) is 3.95. The van der Waals surface area contributed by atoms with Gasteiger partial charge in [0.2, 0.25) is 0 Å². The molecule has 33 heavy (non-hydrogen) atoms. The fraction of sp³-hybridized carbons (Fsp3) is 0.0370. The third-order valence-electron chi connectivity index (χ3n) is 6.27. The number of hydrogen-bond donors (Lipinski definition) is 0. The summed E-state index contributed by atoms with van der Waals surface area (Å²) >= 11 is 0. The van der Waals surface area contributed by atoms with E-state index in [1.54, 1.807) is 30.6 Å². The maximum Gasteiger partial charge on any atom is 0.263 e. The molecule has 1 aliphatic rings. The van der Waals surface area contributed by atoms with Gasteiger partial charge < -0.3 is 4.57 Å². The first-order valence-corrected chi connectivity index (χ1v) is 10.4. The van der Waals surface area contributed by atoms with Gasteiger partial charge in [-0.25, -0.2) is 0 Å². The van der Waals surface area contributed by atoms with Gasteiger partial charge in [-0.15, -0.1) is 0 Å². The summed E-state index contributed by atoms with van der Waals surface area (Å²) in [6.45, 7) is 0. The van der Waals surface area contributed by atoms with E-state index in [0.29, 0.717) is 22.4 Å². The number of para-hydroxylation sites is 1. The summed E-state index contributed by atoms with van der Waals surface area (Å²) in [5.74, 6) is -0.612. The van der Waals surface area contributed by atoms with Crippen LogP contribution in [0, 0.1) is 11.3 Å². The molecule has 6 nitrogen and oxygen atoms in total. The van der Waals surface area contributed by atoms with Crippen LogP contribution in [0.15, 0.2) is 79.1 Å². The normalized spacial score (nSPS) is 13.0. The summed E-state index contributed by atoms with van der Waals surface area (Å²) in [4.78, 5) is 31.0. The third-order valence-corrected chi connectivity index (χ3v) is 6.27. The number of rotatable bonds is 2. The van der Waals surface area contributed by atoms with E-state index in [4.69, 9.17) is 0 Å². The molecular formula is C27H16N4O2. The van der Waals surface area contributed by atoms with E-state index in [9.17, 15) is 14.9 Å². The van der Waals surface area contributed by atoms with Crippen molar-refractivity contribution in [2.45, 2.75) is 0 Å². The van der Waals surface area contributed by atoms with Gasteiger partial charge in [0.15, 0.2) is 0 Å². The Labute approximate surface area is 188 Å². The minimum Gasteiger partial charge on any atom is -0.308 e. The van der Waals surface area contributed by atoms with Crippen LogP contribution in [0.3, 0.4) is 0 Å². The second kappa shape index (κ2) is 6.87. The van der Waals surface area contributed by atoms with Gasteiger partial charge in [-0.1, -0.05) is 36.4 Å². The summed E-state index contributed by atoms with van der Waals surface area (Å²) in [6.07, 6.45) is 3.31. The zero-order valence-corrected chi connectivity index (χ0v) is 17.6. The molecule has 0 unspecified atom stereocenters. The molecule has 0 saturated heterocycles. The topological polar surface area (TPSA) is 79.0 Å². The molecule has 2 amide bonds. The van der Waals surface area contributed by atoms with Crippen molar-refractivity contribution >= 4 is 33.6 Å². The van der Waals surface area contributed by atoms with Gasteiger partial charge >= 0.3 is 0 Å². The van der Waals surface area contributed by atoms with E-state index in [1.165, 1.54) is 7.05 Å². The number of carbonyl (C=O) groups excluding carboxylic acids is 2. The minimum absolute atomic E-state index is 0.299. The predicted octanol–water partition coefficient (Wildman–Crippen LogP) is 4.94. The van der Waals surface area contributed by atoms with Gasteiger partial charge in [-0.3, -0.25) is 19.5 Å². The fourth-order valence-corrected chi connectivity index (χ4v) is 4.78. The Morgan fingerprint density at radius 1 is 0.818 bits per heavy atom. The monoisotopic (exact) mass is 428 g/mol. The quantitative estimate of drug-likeness (QED) is 0.373. The number of nitrogens with zero attached hydrogens (tertiary/aromatic N) is 4. The van der Waals surface area contributed by atoms with Crippen LogP contribution in [0.1, 0.15) is 26.3 Å². The lowest BCUT2D eigenvalue weighted by atomic mass is 9.97. The molecule has 0 radical (unpaired) electrons. The second-order valence-electron chi connectivity index (χ2n) is 7.95. The first-order chi connectivity index (χ1) is 16.1. The van der Waals surface area contributed by atoms with E-state index in [1.807, 2.05) is 53.1 Å². The van der Waals surface area contributed by atoms with Crippen molar-refractivity contribution < 1.29 is 9.59 Å². The molecule has 1 aliphatic heterocycles. The Hall–Kier alpha value is -4.76. The molecule has 0 aliphatic carbocycles. The van der Waals surface area contributed by atoms with Gasteiger partial charge in [-0.05, 0) is 35.9 Å². The van der Waals surface area contributed by atoms with Crippen molar-refractivity contribution in [1.82, 2.24) is 14.5 Å². The molecular weight excluding hydrogens is 412 g/mol. The average molecular weight is 428 g/mol. The number of fused-ring (bicyclic) bond motifs is 4. The van der Waals surface area contributed by atoms with Crippen LogP contribution < -0.4 is 0 Å². The Balaban J connectivity index is 1.77. The van der Waals surface area contributed by atoms with E-state index >= 15 is 0 Å². The van der Waals surface area contributed by atoms with E-state index in [0.717, 1.165) is 37.8 Å². The molecule has 2 aromatic heterocycles. The molecule has 3 heterocycles. The Morgan fingerprint density at radius 2 is 1.58 bits per heavy atom. The largest absolute Gasteiger partial charge is 0.308 e. The minimum atomic E-state index is -0.313. The highest BCUT2D eigenvalue weighted by Crippen LogP contribution is 2.40. The highest BCUT2D eigenvalue weighted by atomic mass is 16.2. The molecule has 0 N–H and O–H groups in total. The standard InChI is InChI=1S/C27H16N4O2/c1-30-26(32)19-8-5-11-23(25(19)27(30)33)31-21-9-3-2-6-18(21)24-17(7-4-10-22(24)31)20-15-29-13-12-16(20)14-28/h2-13,15H,1H3. The number of carbonyl (C=O) groups is 2. The summed E-state index contributed by atoms with van der Waals surface area (Å²) in [7, 11) is 1.50. The van der Waals surface area contributed by atoms with Gasteiger partial charge in [0.1, 0.15) is 0 Å². The molecule has 5 aromatic rings. The van der Waals surface area contributed by atoms with Crippen molar-refractivity contribution in [2.24, 2.45) is 0 Å². The summed E-state index contributed by atoms with van der Waals surface area (Å²) in [5.41, 5.74) is 5.42. The summed E-state index contributed by atoms with van der Waals surface area (Å²) in [5, 5.41) is 11.6. The van der Waals surface area contributed by atoms with Crippen molar-refractivity contribution in [1.29, 1.82) is 5.26 Å². The van der Waals surface area contributed by atoms with Crippen LogP contribution in [0.4, 0.5) is 0 Å². The molecule has 0 spiro atoms. The SMILES string of the molecule is CN1C(=O)c2cccc(-n3c4ccccc4c4c(-c5cnccc5C#N)cccc43)c2C1=O. The third kappa shape index (κ3) is 2.50. The number of amides is 2. The second-order valence-corrected chi connectivity index (χ2v) is 7.95.